The second-order valence-corrected chi connectivity index (χ2v) is 20.8. The van der Waals surface area contributed by atoms with Crippen molar-refractivity contribution in [3.8, 4) is 0 Å². The minimum absolute atomic E-state index is 0.00750. The minimum atomic E-state index is -1.84. The van der Waals surface area contributed by atoms with Gasteiger partial charge in [0.05, 0.1) is 49.8 Å². The van der Waals surface area contributed by atoms with Crippen LogP contribution in [0.3, 0.4) is 0 Å². The third-order valence-corrected chi connectivity index (χ3v) is 15.0. The van der Waals surface area contributed by atoms with E-state index in [9.17, 15) is 25.2 Å². The van der Waals surface area contributed by atoms with E-state index in [2.05, 4.69) is 33.4 Å². The normalized spacial score (nSPS) is 41.7. The maximum absolute atomic E-state index is 13.0. The summed E-state index contributed by atoms with van der Waals surface area (Å²) in [4.78, 5) is 13.0. The number of aliphatic hydroxyl groups excluding tert-OH is 4. The van der Waals surface area contributed by atoms with E-state index in [1.165, 1.54) is 6.92 Å². The van der Waals surface area contributed by atoms with Crippen molar-refractivity contribution < 1.29 is 68.2 Å². The van der Waals surface area contributed by atoms with Crippen LogP contribution in [0.1, 0.15) is 131 Å². The summed E-state index contributed by atoms with van der Waals surface area (Å²) in [6.07, 6.45) is 14.4. The third kappa shape index (κ3) is 11.8. The molecule has 65 heavy (non-hydrogen) atoms. The van der Waals surface area contributed by atoms with Gasteiger partial charge in [-0.15, -0.1) is 0 Å². The molecule has 3 spiro atoms. The largest absolute Gasteiger partial charge is 0.459 e. The van der Waals surface area contributed by atoms with Gasteiger partial charge in [0.25, 0.3) is 0 Å². The molecule has 6 fully saturated rings. The molecule has 0 bridgehead atoms. The third-order valence-electron chi connectivity index (χ3n) is 15.0. The Balaban J connectivity index is 0.901. The topological polar surface area (TPSA) is 192 Å². The second-order valence-electron chi connectivity index (χ2n) is 20.8. The summed E-state index contributed by atoms with van der Waals surface area (Å²) in [5.74, 6) is -3.31. The fourth-order valence-electron chi connectivity index (χ4n) is 11.2. The highest BCUT2D eigenvalue weighted by molar-refractivity contribution is 5.78. The zero-order valence-corrected chi connectivity index (χ0v) is 39.6. The zero-order chi connectivity index (χ0) is 46.7. The molecule has 0 aromatic rings. The van der Waals surface area contributed by atoms with Crippen molar-refractivity contribution >= 4 is 5.97 Å². The van der Waals surface area contributed by atoms with Crippen LogP contribution >= 0.6 is 0 Å². The molecule has 0 saturated carbocycles. The van der Waals surface area contributed by atoms with Crippen molar-refractivity contribution in [3.63, 3.8) is 0 Å². The van der Waals surface area contributed by atoms with Crippen LogP contribution in [-0.4, -0.2) is 135 Å². The van der Waals surface area contributed by atoms with Crippen molar-refractivity contribution in [1.29, 1.82) is 0 Å². The minimum Gasteiger partial charge on any atom is -0.459 e. The van der Waals surface area contributed by atoms with E-state index in [1.807, 2.05) is 19.1 Å². The lowest BCUT2D eigenvalue weighted by Crippen LogP contribution is -2.60. The number of ether oxygens (including phenoxy) is 8. The Morgan fingerprint density at radius 2 is 1.78 bits per heavy atom. The van der Waals surface area contributed by atoms with E-state index in [-0.39, 0.29) is 49.8 Å². The smallest absolute Gasteiger partial charge is 0.338 e. The number of esters is 1. The number of carbonyl (C=O) groups is 1. The molecule has 0 unspecified atom stereocenters. The van der Waals surface area contributed by atoms with Gasteiger partial charge in [-0.25, -0.2) is 4.79 Å². The van der Waals surface area contributed by atoms with E-state index in [4.69, 9.17) is 43.0 Å². The van der Waals surface area contributed by atoms with Gasteiger partial charge in [-0.2, -0.15) is 0 Å². The fourth-order valence-corrected chi connectivity index (χ4v) is 11.2. The van der Waals surface area contributed by atoms with Crippen LogP contribution < -0.4 is 0 Å². The standard InChI is InChI=1S/C51H78O14/c1-31(12-8-10-24-52)30-58-47(56)48(7,57)29-38-15-16-42(54)51(62-38)28-32(2)26-41(63-51)33(3)13-14-37-18-22-50(61-37)23-19-40-46(65-50)43(55)36(6)45(60-40)39(53)27-35(5)44-34(4)17-21-49(64-44)20-9-11-25-59-49/h8,10,12-14,28,33-35,37-46,52-55,57H,6,9,11,15-27,29-30H2,1-5,7H3/b10-8+,14-13+,31-12+/t33-,34-,35+,37+,38+,39+,40-,41+,42-,43-,44+,45+,46-,48-,49+,50-,51-/m1/s1. The Morgan fingerprint density at radius 3 is 2.54 bits per heavy atom. The molecule has 0 aromatic heterocycles. The molecule has 0 amide bonds. The highest BCUT2D eigenvalue weighted by Crippen LogP contribution is 2.47. The highest BCUT2D eigenvalue weighted by atomic mass is 16.7. The number of fused-ring (bicyclic) bond motifs is 1. The number of carbonyl (C=O) groups excluding carboxylic acids is 1. The molecule has 7 aliphatic heterocycles. The summed E-state index contributed by atoms with van der Waals surface area (Å²) in [6.45, 7) is 16.4. The molecule has 6 saturated heterocycles. The first-order valence-electron chi connectivity index (χ1n) is 24.5. The summed E-state index contributed by atoms with van der Waals surface area (Å²) in [5, 5.41) is 54.6. The van der Waals surface area contributed by atoms with Gasteiger partial charge >= 0.3 is 5.97 Å². The Hall–Kier alpha value is -2.31. The summed E-state index contributed by atoms with van der Waals surface area (Å²) in [6, 6.07) is 0. The van der Waals surface area contributed by atoms with Crippen molar-refractivity contribution in [1.82, 2.24) is 0 Å². The summed E-state index contributed by atoms with van der Waals surface area (Å²) >= 11 is 0. The lowest BCUT2D eigenvalue weighted by molar-refractivity contribution is -0.321. The van der Waals surface area contributed by atoms with Crippen molar-refractivity contribution in [2.24, 2.45) is 17.8 Å². The highest BCUT2D eigenvalue weighted by Gasteiger charge is 2.55. The van der Waals surface area contributed by atoms with E-state index < -0.39 is 71.7 Å². The van der Waals surface area contributed by atoms with Crippen LogP contribution in [0.25, 0.3) is 0 Å². The van der Waals surface area contributed by atoms with E-state index in [1.54, 1.807) is 25.2 Å². The Bertz CT molecular complexity index is 1770. The van der Waals surface area contributed by atoms with Gasteiger partial charge in [0, 0.05) is 38.0 Å². The summed E-state index contributed by atoms with van der Waals surface area (Å²) < 4.78 is 51.1. The molecule has 7 aliphatic rings. The van der Waals surface area contributed by atoms with Gasteiger partial charge < -0.3 is 63.4 Å². The number of aliphatic hydroxyl groups is 5. The molecular formula is C51H78O14. The molecule has 14 heteroatoms. The summed E-state index contributed by atoms with van der Waals surface area (Å²) in [7, 11) is 0. The number of rotatable bonds is 14. The lowest BCUT2D eigenvalue weighted by atomic mass is 9.79. The number of hydrogen-bond acceptors (Lipinski definition) is 14. The van der Waals surface area contributed by atoms with Crippen molar-refractivity contribution in [3.05, 3.63) is 59.8 Å². The van der Waals surface area contributed by atoms with Gasteiger partial charge in [-0.3, -0.25) is 0 Å². The van der Waals surface area contributed by atoms with Gasteiger partial charge in [0.2, 0.25) is 5.79 Å². The second kappa shape index (κ2) is 21.1. The Kier molecular flexibility index (Phi) is 16.4. The van der Waals surface area contributed by atoms with Crippen LogP contribution in [0.15, 0.2) is 59.8 Å². The van der Waals surface area contributed by atoms with Crippen molar-refractivity contribution in [2.75, 3.05) is 19.8 Å². The molecule has 366 valence electrons. The lowest BCUT2D eigenvalue weighted by Gasteiger charge is -2.50. The van der Waals surface area contributed by atoms with Crippen molar-refractivity contribution in [2.45, 2.75) is 215 Å². The zero-order valence-electron chi connectivity index (χ0n) is 39.6. The molecule has 7 heterocycles. The first kappa shape index (κ1) is 50.6. The molecule has 14 nitrogen and oxygen atoms in total. The number of allylic oxidation sites excluding steroid dienone is 2. The average Bonchev–Trinajstić information content (AvgIpc) is 3.67. The first-order chi connectivity index (χ1) is 30.9. The molecule has 7 rings (SSSR count). The quantitative estimate of drug-likeness (QED) is 0.0756. The molecule has 0 aliphatic carbocycles. The Morgan fingerprint density at radius 1 is 1.02 bits per heavy atom. The van der Waals surface area contributed by atoms with Gasteiger partial charge in [0.1, 0.15) is 31.0 Å². The Labute approximate surface area is 386 Å². The van der Waals surface area contributed by atoms with Crippen LogP contribution in [0.2, 0.25) is 0 Å². The fraction of sp³-hybridized carbons (Fsp3) is 0.784. The van der Waals surface area contributed by atoms with E-state index in [0.29, 0.717) is 56.4 Å². The first-order valence-corrected chi connectivity index (χ1v) is 24.5. The molecule has 5 N–H and O–H groups in total. The van der Waals surface area contributed by atoms with Crippen LogP contribution in [-0.2, 0) is 42.7 Å². The predicted molar refractivity (Wildman–Crippen MR) is 241 cm³/mol. The number of hydrogen-bond donors (Lipinski definition) is 5. The predicted octanol–water partition coefficient (Wildman–Crippen LogP) is 6.17. The van der Waals surface area contributed by atoms with Gasteiger partial charge in [-0.1, -0.05) is 63.3 Å². The maximum atomic E-state index is 13.0. The molecule has 0 aromatic carbocycles. The average molecular weight is 915 g/mol. The monoisotopic (exact) mass is 915 g/mol. The molecular weight excluding hydrogens is 837 g/mol. The van der Waals surface area contributed by atoms with E-state index >= 15 is 0 Å². The molecule has 0 radical (unpaired) electrons. The van der Waals surface area contributed by atoms with Crippen LogP contribution in [0.5, 0.6) is 0 Å². The van der Waals surface area contributed by atoms with Gasteiger partial charge in [-0.05, 0) is 108 Å². The molecule has 17 atom stereocenters. The van der Waals surface area contributed by atoms with Crippen LogP contribution in [0, 0.1) is 17.8 Å². The summed E-state index contributed by atoms with van der Waals surface area (Å²) in [5.41, 5.74) is 0.328. The van der Waals surface area contributed by atoms with E-state index in [0.717, 1.165) is 56.3 Å². The van der Waals surface area contributed by atoms with Gasteiger partial charge in [0.15, 0.2) is 17.2 Å². The SMILES string of the molecule is C=C1[C@@H](O)[C@@H]2O[C@]3(CC[C@H](/C=C/[C@@H](C)[C@@H]4CC(C)=C[C@@]5(O[C@H](C[C@@](C)(O)C(=O)OC/C(C)=C/C=C/CO)CC[C@H]5O)O4)O3)CC[C@H]2O[C@@H]1[C@@H](O)C[C@H](C)[C@H]1O[C@@]2(CCCCO2)CC[C@H]1C. The van der Waals surface area contributed by atoms with Crippen LogP contribution in [0.4, 0.5) is 0 Å². The maximum Gasteiger partial charge on any atom is 0.338 e.